The second-order valence-corrected chi connectivity index (χ2v) is 8.74. The zero-order chi connectivity index (χ0) is 24.1. The molecule has 0 aromatic rings. The number of phosphoric acid groups is 1. The highest BCUT2D eigenvalue weighted by atomic mass is 31.2. The Labute approximate surface area is 190 Å². The Balaban J connectivity index is 4.14. The number of Topliss-reactive ketones (excluding diaryl/α,β-unsaturated/α-hetero) is 1. The van der Waals surface area contributed by atoms with Gasteiger partial charge in [-0.05, 0) is 25.7 Å². The average molecular weight is 486 g/mol. The van der Waals surface area contributed by atoms with Crippen LogP contribution in [0.25, 0.3) is 0 Å². The quantitative estimate of drug-likeness (QED) is 0.143. The van der Waals surface area contributed by atoms with Crippen molar-refractivity contribution < 1.29 is 47.8 Å². The molecule has 0 saturated carbocycles. The predicted octanol–water partition coefficient (Wildman–Crippen LogP) is 1.29. The molecule has 0 saturated heterocycles. The minimum absolute atomic E-state index is 0.0117. The molecule has 0 aliphatic carbocycles. The fraction of sp³-hybridized carbons (Fsp3) is 0.900. The summed E-state index contributed by atoms with van der Waals surface area (Å²) in [5.74, 6) is -0.354. The number of aliphatic hydroxyl groups excluding tert-OH is 2. The monoisotopic (exact) mass is 485 g/mol. The molecule has 11 nitrogen and oxygen atoms in total. The molecule has 1 unspecified atom stereocenters. The van der Waals surface area contributed by atoms with Crippen LogP contribution in [0, 0.1) is 0 Å². The van der Waals surface area contributed by atoms with Gasteiger partial charge in [-0.1, -0.05) is 19.3 Å². The lowest BCUT2D eigenvalue weighted by Crippen LogP contribution is -2.40. The zero-order valence-corrected chi connectivity index (χ0v) is 20.0. The van der Waals surface area contributed by atoms with E-state index < -0.39 is 7.82 Å². The van der Waals surface area contributed by atoms with Crippen LogP contribution in [-0.4, -0.2) is 98.1 Å². The molecular formula is C20H40NO10P. The van der Waals surface area contributed by atoms with E-state index in [2.05, 4.69) is 4.52 Å². The second-order valence-electron chi connectivity index (χ2n) is 7.18. The minimum atomic E-state index is -3.91. The van der Waals surface area contributed by atoms with Crippen LogP contribution < -0.4 is 0 Å². The van der Waals surface area contributed by atoms with Gasteiger partial charge in [0.2, 0.25) is 5.91 Å². The van der Waals surface area contributed by atoms with E-state index in [4.69, 9.17) is 29.1 Å². The summed E-state index contributed by atoms with van der Waals surface area (Å²) in [6, 6.07) is 0. The Bertz CT molecular complexity index is 535. The van der Waals surface area contributed by atoms with Gasteiger partial charge in [0.25, 0.3) is 0 Å². The van der Waals surface area contributed by atoms with Gasteiger partial charge in [0, 0.05) is 46.5 Å². The fourth-order valence-electron chi connectivity index (χ4n) is 2.63. The molecule has 32 heavy (non-hydrogen) atoms. The zero-order valence-electron chi connectivity index (χ0n) is 19.1. The average Bonchev–Trinajstić information content (AvgIpc) is 2.77. The maximum Gasteiger partial charge on any atom is 0.471 e. The number of hydrogen-bond donors (Lipinski definition) is 3. The van der Waals surface area contributed by atoms with Gasteiger partial charge >= 0.3 is 7.82 Å². The van der Waals surface area contributed by atoms with Gasteiger partial charge in [0.15, 0.2) is 5.78 Å². The molecule has 0 heterocycles. The summed E-state index contributed by atoms with van der Waals surface area (Å²) in [7, 11) is -2.80. The number of aliphatic hydroxyl groups is 2. The van der Waals surface area contributed by atoms with Crippen molar-refractivity contribution in [2.24, 2.45) is 0 Å². The number of rotatable bonds is 23. The Kier molecular flexibility index (Phi) is 20.1. The van der Waals surface area contributed by atoms with E-state index in [-0.39, 0.29) is 64.4 Å². The van der Waals surface area contributed by atoms with Gasteiger partial charge < -0.3 is 29.5 Å². The first-order chi connectivity index (χ1) is 15.4. The summed E-state index contributed by atoms with van der Waals surface area (Å²) in [6.07, 6.45) is 5.11. The first-order valence-corrected chi connectivity index (χ1v) is 12.6. The molecule has 0 aliphatic rings. The van der Waals surface area contributed by atoms with Crippen molar-refractivity contribution in [2.45, 2.75) is 51.4 Å². The van der Waals surface area contributed by atoms with Crippen molar-refractivity contribution in [3.63, 3.8) is 0 Å². The number of carbonyl (C=O) groups is 2. The van der Waals surface area contributed by atoms with Gasteiger partial charge in [-0.2, -0.15) is 0 Å². The molecule has 190 valence electrons. The van der Waals surface area contributed by atoms with E-state index in [1.165, 1.54) is 4.90 Å². The highest BCUT2D eigenvalue weighted by molar-refractivity contribution is 7.47. The standard InChI is InChI=1S/C20H40NO10P/c1-28-32(26,27)31-15-6-4-2-3-5-9-19(24)17-21(10-16-29-13-7-11-22)20(25)18-30-14-8-12-23/h22-23H,2-18H2,1H3,(H,26,27). The Morgan fingerprint density at radius 1 is 0.844 bits per heavy atom. The second kappa shape index (κ2) is 20.7. The summed E-state index contributed by atoms with van der Waals surface area (Å²) in [5, 5.41) is 17.5. The number of nitrogens with zero attached hydrogens (tertiary/aromatic N) is 1. The van der Waals surface area contributed by atoms with Crippen LogP contribution in [0.15, 0.2) is 0 Å². The number of hydrogen-bond acceptors (Lipinski definition) is 9. The van der Waals surface area contributed by atoms with Crippen LogP contribution in [-0.2, 0) is 32.7 Å². The normalized spacial score (nSPS) is 13.1. The Hall–Kier alpha value is -0.910. The van der Waals surface area contributed by atoms with Crippen molar-refractivity contribution in [3.05, 3.63) is 0 Å². The summed E-state index contributed by atoms with van der Waals surface area (Å²) >= 11 is 0. The summed E-state index contributed by atoms with van der Waals surface area (Å²) in [4.78, 5) is 35.2. The first-order valence-electron chi connectivity index (χ1n) is 11.1. The molecule has 12 heteroatoms. The van der Waals surface area contributed by atoms with Crippen molar-refractivity contribution in [1.29, 1.82) is 0 Å². The lowest BCUT2D eigenvalue weighted by Gasteiger charge is -2.22. The molecule has 1 amide bonds. The van der Waals surface area contributed by atoms with Crippen LogP contribution in [0.2, 0.25) is 0 Å². The van der Waals surface area contributed by atoms with Crippen molar-refractivity contribution in [3.8, 4) is 0 Å². The number of amides is 1. The number of phosphoric ester groups is 1. The van der Waals surface area contributed by atoms with Gasteiger partial charge in [-0.15, -0.1) is 0 Å². The third-order valence-electron chi connectivity index (χ3n) is 4.43. The van der Waals surface area contributed by atoms with Crippen LogP contribution in [0.1, 0.15) is 51.4 Å². The smallest absolute Gasteiger partial charge is 0.396 e. The highest BCUT2D eigenvalue weighted by Crippen LogP contribution is 2.41. The topological polar surface area (TPSA) is 152 Å². The molecule has 0 radical (unpaired) electrons. The third kappa shape index (κ3) is 18.6. The maximum atomic E-state index is 12.4. The van der Waals surface area contributed by atoms with Gasteiger partial charge in [0.05, 0.1) is 19.8 Å². The van der Waals surface area contributed by atoms with Gasteiger partial charge in [-0.3, -0.25) is 18.6 Å². The van der Waals surface area contributed by atoms with Gasteiger partial charge in [0.1, 0.15) is 6.61 Å². The molecule has 0 spiro atoms. The minimum Gasteiger partial charge on any atom is -0.396 e. The number of ether oxygens (including phenoxy) is 2. The van der Waals surface area contributed by atoms with Gasteiger partial charge in [-0.25, -0.2) is 4.57 Å². The molecule has 1 atom stereocenters. The van der Waals surface area contributed by atoms with Crippen molar-refractivity contribution >= 4 is 19.5 Å². The Morgan fingerprint density at radius 2 is 1.47 bits per heavy atom. The van der Waals surface area contributed by atoms with E-state index in [1.807, 2.05) is 0 Å². The molecular weight excluding hydrogens is 445 g/mol. The molecule has 0 aromatic heterocycles. The summed E-state index contributed by atoms with van der Waals surface area (Å²) in [6.45, 7) is 1.16. The van der Waals surface area contributed by atoms with Crippen LogP contribution >= 0.6 is 7.82 Å². The van der Waals surface area contributed by atoms with E-state index >= 15 is 0 Å². The molecule has 0 aromatic carbocycles. The van der Waals surface area contributed by atoms with E-state index in [0.717, 1.165) is 26.4 Å². The number of unbranched alkanes of at least 4 members (excludes halogenated alkanes) is 4. The molecule has 0 fully saturated rings. The molecule has 0 aliphatic heterocycles. The number of ketones is 1. The summed E-state index contributed by atoms with van der Waals surface area (Å²) in [5.41, 5.74) is 0. The Morgan fingerprint density at radius 3 is 2.12 bits per heavy atom. The van der Waals surface area contributed by atoms with E-state index in [1.54, 1.807) is 0 Å². The lowest BCUT2D eigenvalue weighted by atomic mass is 10.1. The van der Waals surface area contributed by atoms with Crippen molar-refractivity contribution in [1.82, 2.24) is 4.90 Å². The van der Waals surface area contributed by atoms with Crippen LogP contribution in [0.5, 0.6) is 0 Å². The molecule has 3 N–H and O–H groups in total. The molecule has 0 bridgehead atoms. The fourth-order valence-corrected chi connectivity index (χ4v) is 3.10. The SMILES string of the molecule is COP(=O)(O)OCCCCCCCC(=O)CN(CCOCCCO)C(=O)COCCCO. The van der Waals surface area contributed by atoms with Crippen LogP contribution in [0.4, 0.5) is 0 Å². The van der Waals surface area contributed by atoms with E-state index in [9.17, 15) is 14.2 Å². The van der Waals surface area contributed by atoms with Crippen molar-refractivity contribution in [2.75, 3.05) is 66.4 Å². The van der Waals surface area contributed by atoms with E-state index in [0.29, 0.717) is 38.7 Å². The lowest BCUT2D eigenvalue weighted by molar-refractivity contribution is -0.140. The predicted molar refractivity (Wildman–Crippen MR) is 117 cm³/mol. The van der Waals surface area contributed by atoms with Crippen LogP contribution in [0.3, 0.4) is 0 Å². The first kappa shape index (κ1) is 31.1. The molecule has 0 rings (SSSR count). The maximum absolute atomic E-state index is 12.4. The summed E-state index contributed by atoms with van der Waals surface area (Å²) < 4.78 is 30.8. The number of carbonyl (C=O) groups excluding carboxylic acids is 2. The third-order valence-corrected chi connectivity index (χ3v) is 5.40. The highest BCUT2D eigenvalue weighted by Gasteiger charge is 2.18. The largest absolute Gasteiger partial charge is 0.471 e.